The van der Waals surface area contributed by atoms with E-state index in [1.54, 1.807) is 0 Å². The number of phenols is 1. The molecule has 0 radical (unpaired) electrons. The van der Waals surface area contributed by atoms with E-state index >= 15 is 0 Å². The summed E-state index contributed by atoms with van der Waals surface area (Å²) in [5.41, 5.74) is 2.99. The van der Waals surface area contributed by atoms with E-state index in [0.717, 1.165) is 43.4 Å². The van der Waals surface area contributed by atoms with Crippen LogP contribution >= 0.6 is 7.06 Å². The number of phenolic OH excluding ortho intramolecular Hbond substituents is 1. The molecule has 0 amide bonds. The van der Waals surface area contributed by atoms with Gasteiger partial charge in [0, 0.05) is 0 Å². The molecule has 5 aromatic rings. The average Bonchev–Trinajstić information content (AvgIpc) is 3.64. The van der Waals surface area contributed by atoms with Crippen LogP contribution < -0.4 is 15.9 Å². The summed E-state index contributed by atoms with van der Waals surface area (Å²) in [6.45, 7) is 2.03. The fraction of sp³-hybridized carbons (Fsp3) is 0.0345. The zero-order valence-electron chi connectivity index (χ0n) is 18.2. The van der Waals surface area contributed by atoms with Crippen LogP contribution in [0.15, 0.2) is 115 Å². The molecule has 1 heterocycles. The molecule has 1 N–H and O–H groups in total. The van der Waals surface area contributed by atoms with Gasteiger partial charge in [0.25, 0.3) is 0 Å². The Morgan fingerprint density at radius 3 is 1.70 bits per heavy atom. The fourth-order valence-corrected chi connectivity index (χ4v) is 9.28. The first-order chi connectivity index (χ1) is 16.1. The van der Waals surface area contributed by atoms with Crippen molar-refractivity contribution in [3.05, 3.63) is 121 Å². The van der Waals surface area contributed by atoms with Gasteiger partial charge >= 0.3 is 193 Å². The first-order valence-corrected chi connectivity index (χ1v) is 13.0. The van der Waals surface area contributed by atoms with Crippen molar-refractivity contribution >= 4 is 33.7 Å². The van der Waals surface area contributed by atoms with Crippen LogP contribution in [0.5, 0.6) is 5.75 Å². The molecule has 6 rings (SSSR count). The van der Waals surface area contributed by atoms with Crippen molar-refractivity contribution in [2.75, 3.05) is 0 Å². The molecule has 1 saturated heterocycles. The van der Waals surface area contributed by atoms with Crippen LogP contribution in [0.1, 0.15) is 5.56 Å². The van der Waals surface area contributed by atoms with Gasteiger partial charge in [-0.2, -0.15) is 0 Å². The molecular formula is C29H23O3P. The molecular weight excluding hydrogens is 427 g/mol. The Morgan fingerprint density at radius 2 is 1.15 bits per heavy atom. The quantitative estimate of drug-likeness (QED) is 0.203. The van der Waals surface area contributed by atoms with Gasteiger partial charge in [-0.1, -0.05) is 0 Å². The predicted molar refractivity (Wildman–Crippen MR) is 137 cm³/mol. The third kappa shape index (κ3) is 2.81. The molecule has 0 aromatic heterocycles. The molecule has 4 heteroatoms. The van der Waals surface area contributed by atoms with Crippen LogP contribution in [0.4, 0.5) is 0 Å². The number of aromatic hydroxyl groups is 1. The van der Waals surface area contributed by atoms with Crippen molar-refractivity contribution in [1.29, 1.82) is 0 Å². The van der Waals surface area contributed by atoms with Crippen LogP contribution in [0.25, 0.3) is 21.9 Å². The number of rotatable bonds is 4. The van der Waals surface area contributed by atoms with Crippen molar-refractivity contribution in [1.82, 2.24) is 0 Å². The van der Waals surface area contributed by atoms with Gasteiger partial charge in [0.1, 0.15) is 0 Å². The minimum absolute atomic E-state index is 0.246. The molecule has 0 saturated carbocycles. The summed E-state index contributed by atoms with van der Waals surface area (Å²) in [6.07, 6.45) is 0. The molecule has 3 nitrogen and oxygen atoms in total. The standard InChI is InChI=1S/C29H23O3P/c1-21-17-18-25-27(19-21)28(30)20-26(22-11-5-2-6-12-22)29(25)33(31-32-33,23-13-7-3-8-14-23)24-15-9-4-10-16-24/h2-20,30H,1H3. The summed E-state index contributed by atoms with van der Waals surface area (Å²) in [6, 6.07) is 38.6. The molecule has 0 unspecified atom stereocenters. The minimum atomic E-state index is -3.69. The molecule has 0 atom stereocenters. The Bertz CT molecular complexity index is 1430. The monoisotopic (exact) mass is 450 g/mol. The first kappa shape index (κ1) is 20.1. The van der Waals surface area contributed by atoms with Crippen molar-refractivity contribution in [2.45, 2.75) is 6.92 Å². The van der Waals surface area contributed by atoms with E-state index in [-0.39, 0.29) is 5.75 Å². The number of aryl methyl sites for hydroxylation is 1. The van der Waals surface area contributed by atoms with Gasteiger partial charge < -0.3 is 0 Å². The van der Waals surface area contributed by atoms with E-state index in [4.69, 9.17) is 9.35 Å². The molecule has 162 valence electrons. The van der Waals surface area contributed by atoms with E-state index < -0.39 is 7.06 Å². The van der Waals surface area contributed by atoms with Gasteiger partial charge in [-0.05, 0) is 0 Å². The van der Waals surface area contributed by atoms with Gasteiger partial charge in [0.05, 0.1) is 0 Å². The van der Waals surface area contributed by atoms with Crippen LogP contribution in [0.3, 0.4) is 0 Å². The summed E-state index contributed by atoms with van der Waals surface area (Å²) >= 11 is 0. The number of fused-ring (bicyclic) bond motifs is 1. The second kappa shape index (κ2) is 7.26. The Balaban J connectivity index is 1.84. The van der Waals surface area contributed by atoms with Gasteiger partial charge in [-0.25, -0.2) is 0 Å². The second-order valence-corrected chi connectivity index (χ2v) is 12.2. The maximum atomic E-state index is 11.1. The van der Waals surface area contributed by atoms with Crippen LogP contribution in [0.2, 0.25) is 0 Å². The topological polar surface area (TPSA) is 45.3 Å². The van der Waals surface area contributed by atoms with E-state index in [1.165, 1.54) is 0 Å². The second-order valence-electron chi connectivity index (χ2n) is 8.48. The molecule has 33 heavy (non-hydrogen) atoms. The van der Waals surface area contributed by atoms with Gasteiger partial charge in [0.15, 0.2) is 0 Å². The Kier molecular flexibility index (Phi) is 4.43. The summed E-state index contributed by atoms with van der Waals surface area (Å²) in [7, 11) is -3.69. The summed E-state index contributed by atoms with van der Waals surface area (Å²) in [4.78, 5) is 0. The number of hydrogen-bond donors (Lipinski definition) is 1. The van der Waals surface area contributed by atoms with Crippen molar-refractivity contribution in [3.8, 4) is 16.9 Å². The average molecular weight is 450 g/mol. The van der Waals surface area contributed by atoms with Gasteiger partial charge in [-0.3, -0.25) is 0 Å². The third-order valence-electron chi connectivity index (χ3n) is 6.48. The maximum absolute atomic E-state index is 11.1. The van der Waals surface area contributed by atoms with E-state index in [1.807, 2.05) is 73.7 Å². The van der Waals surface area contributed by atoms with Crippen LogP contribution in [0, 0.1) is 6.92 Å². The van der Waals surface area contributed by atoms with Gasteiger partial charge in [-0.15, -0.1) is 0 Å². The number of hydrogen-bond acceptors (Lipinski definition) is 3. The fourth-order valence-electron chi connectivity index (χ4n) is 4.88. The van der Waals surface area contributed by atoms with Crippen molar-refractivity contribution in [3.63, 3.8) is 0 Å². The van der Waals surface area contributed by atoms with Crippen LogP contribution in [-0.2, 0) is 9.35 Å². The molecule has 1 fully saturated rings. The van der Waals surface area contributed by atoms with Crippen LogP contribution in [-0.4, -0.2) is 5.11 Å². The number of benzene rings is 5. The van der Waals surface area contributed by atoms with E-state index in [9.17, 15) is 5.11 Å². The Morgan fingerprint density at radius 1 is 0.606 bits per heavy atom. The summed E-state index contributed by atoms with van der Waals surface area (Å²) in [5.74, 6) is 0.246. The molecule has 0 aliphatic carbocycles. The van der Waals surface area contributed by atoms with Crippen molar-refractivity contribution < 1.29 is 14.5 Å². The summed E-state index contributed by atoms with van der Waals surface area (Å²) in [5, 5.41) is 15.8. The molecule has 0 bridgehead atoms. The molecule has 0 spiro atoms. The van der Waals surface area contributed by atoms with E-state index in [0.29, 0.717) is 0 Å². The summed E-state index contributed by atoms with van der Waals surface area (Å²) < 4.78 is 12.7. The molecule has 1 aliphatic heterocycles. The van der Waals surface area contributed by atoms with Gasteiger partial charge in [0.2, 0.25) is 0 Å². The zero-order valence-corrected chi connectivity index (χ0v) is 19.1. The SMILES string of the molecule is Cc1ccc2c(P3(c4ccccc4)(c4ccccc4)OO3)c(-c3ccccc3)cc(O)c2c1. The molecule has 5 aromatic carbocycles. The normalized spacial score (nSPS) is 17.2. The first-order valence-electron chi connectivity index (χ1n) is 11.0. The Labute approximate surface area is 192 Å². The molecule has 1 aliphatic rings. The predicted octanol–water partition coefficient (Wildman–Crippen LogP) is 6.14. The van der Waals surface area contributed by atoms with E-state index in [2.05, 4.69) is 48.5 Å². The third-order valence-corrected chi connectivity index (χ3v) is 10.8. The van der Waals surface area contributed by atoms with Crippen molar-refractivity contribution in [2.24, 2.45) is 0 Å². The zero-order chi connectivity index (χ0) is 22.5. The Hall–Kier alpha value is -3.49.